The molecule has 4 rings (SSSR count). The molecule has 3 heterocycles. The van der Waals surface area contributed by atoms with Crippen molar-refractivity contribution in [1.82, 2.24) is 4.90 Å². The van der Waals surface area contributed by atoms with Crippen molar-refractivity contribution < 1.29 is 14.3 Å². The molecule has 0 N–H and O–H groups in total. The lowest BCUT2D eigenvalue weighted by Gasteiger charge is -2.29. The van der Waals surface area contributed by atoms with Crippen molar-refractivity contribution in [3.8, 4) is 0 Å². The van der Waals surface area contributed by atoms with Gasteiger partial charge in [0, 0.05) is 0 Å². The van der Waals surface area contributed by atoms with Gasteiger partial charge in [-0.05, 0) is 26.3 Å². The molecule has 2 bridgehead atoms. The van der Waals surface area contributed by atoms with E-state index in [-0.39, 0.29) is 17.9 Å². The number of hydrogen-bond donors (Lipinski definition) is 0. The van der Waals surface area contributed by atoms with Crippen molar-refractivity contribution >= 4 is 11.8 Å². The van der Waals surface area contributed by atoms with Gasteiger partial charge in [0.25, 0.3) is 0 Å². The minimum absolute atomic E-state index is 0.109. The Bertz CT molecular complexity index is 662. The number of nitrogens with zero attached hydrogens (tertiary/aromatic N) is 1. The Morgan fingerprint density at radius 2 is 1.50 bits per heavy atom. The minimum atomic E-state index is -0.655. The molecule has 5 atom stereocenters. The van der Waals surface area contributed by atoms with E-state index in [4.69, 9.17) is 4.74 Å². The maximum atomic E-state index is 12.9. The van der Waals surface area contributed by atoms with Gasteiger partial charge in [-0.15, -0.1) is 0 Å². The molecule has 0 radical (unpaired) electrons. The van der Waals surface area contributed by atoms with E-state index in [9.17, 15) is 9.59 Å². The summed E-state index contributed by atoms with van der Waals surface area (Å²) in [5.41, 5.74) is -0.338. The van der Waals surface area contributed by atoms with Crippen molar-refractivity contribution in [1.29, 1.82) is 0 Å². The second-order valence-electron chi connectivity index (χ2n) is 6.89. The third-order valence-corrected chi connectivity index (χ3v) is 5.43. The number of carbonyl (C=O) groups is 2. The third kappa shape index (κ3) is 1.51. The standard InChI is InChI=1S/C18H19NO3/c1-11(12-7-5-4-6-8-12)19-15(20)13-14(16(19)21)18(3)10-9-17(13,2)22-18/h4-11,13-14H,1-3H3/t11-,13-,14+,17+,18+/m1/s1. The van der Waals surface area contributed by atoms with E-state index in [1.54, 1.807) is 0 Å². The van der Waals surface area contributed by atoms with Crippen LogP contribution in [0.15, 0.2) is 42.5 Å². The Morgan fingerprint density at radius 1 is 1.00 bits per heavy atom. The lowest BCUT2D eigenvalue weighted by molar-refractivity contribution is -0.148. The van der Waals surface area contributed by atoms with Crippen LogP contribution in [0.1, 0.15) is 32.4 Å². The number of carbonyl (C=O) groups excluding carboxylic acids is 2. The summed E-state index contributed by atoms with van der Waals surface area (Å²) in [6.07, 6.45) is 3.88. The zero-order valence-electron chi connectivity index (χ0n) is 12.9. The molecule has 4 nitrogen and oxygen atoms in total. The largest absolute Gasteiger partial charge is 0.359 e. The Hall–Kier alpha value is -1.94. The number of ether oxygens (including phenoxy) is 1. The van der Waals surface area contributed by atoms with Crippen molar-refractivity contribution in [3.63, 3.8) is 0 Å². The van der Waals surface area contributed by atoms with Gasteiger partial charge in [0.05, 0.1) is 29.1 Å². The number of likely N-dealkylation sites (tertiary alicyclic amines) is 1. The van der Waals surface area contributed by atoms with E-state index in [1.165, 1.54) is 4.90 Å². The predicted molar refractivity (Wildman–Crippen MR) is 80.7 cm³/mol. The molecule has 3 aliphatic heterocycles. The first-order valence-corrected chi connectivity index (χ1v) is 7.70. The molecule has 114 valence electrons. The highest BCUT2D eigenvalue weighted by molar-refractivity contribution is 6.08. The summed E-state index contributed by atoms with van der Waals surface area (Å²) in [5.74, 6) is -1.02. The van der Waals surface area contributed by atoms with E-state index in [2.05, 4.69) is 0 Å². The van der Waals surface area contributed by atoms with E-state index in [1.807, 2.05) is 63.3 Å². The number of benzene rings is 1. The summed E-state index contributed by atoms with van der Waals surface area (Å²) in [7, 11) is 0. The molecule has 2 amide bonds. The second kappa shape index (κ2) is 4.07. The van der Waals surface area contributed by atoms with E-state index in [0.717, 1.165) is 5.56 Å². The van der Waals surface area contributed by atoms with Gasteiger partial charge >= 0.3 is 0 Å². The predicted octanol–water partition coefficient (Wildman–Crippen LogP) is 2.47. The molecule has 2 saturated heterocycles. The quantitative estimate of drug-likeness (QED) is 0.622. The van der Waals surface area contributed by atoms with Crippen LogP contribution in [0.25, 0.3) is 0 Å². The average molecular weight is 297 g/mol. The van der Waals surface area contributed by atoms with Crippen LogP contribution in [0.4, 0.5) is 0 Å². The molecule has 4 heteroatoms. The van der Waals surface area contributed by atoms with Crippen LogP contribution in [-0.4, -0.2) is 27.9 Å². The molecular weight excluding hydrogens is 278 g/mol. The van der Waals surface area contributed by atoms with Crippen LogP contribution in [0.2, 0.25) is 0 Å². The fourth-order valence-electron chi connectivity index (χ4n) is 4.32. The van der Waals surface area contributed by atoms with E-state index < -0.39 is 23.0 Å². The Balaban J connectivity index is 1.74. The van der Waals surface area contributed by atoms with Gasteiger partial charge in [-0.2, -0.15) is 0 Å². The summed E-state index contributed by atoms with van der Waals surface area (Å²) >= 11 is 0. The van der Waals surface area contributed by atoms with Gasteiger partial charge in [0.15, 0.2) is 0 Å². The topological polar surface area (TPSA) is 46.6 Å². The highest BCUT2D eigenvalue weighted by Gasteiger charge is 2.70. The lowest BCUT2D eigenvalue weighted by Crippen LogP contribution is -2.40. The highest BCUT2D eigenvalue weighted by atomic mass is 16.5. The van der Waals surface area contributed by atoms with E-state index >= 15 is 0 Å². The highest BCUT2D eigenvalue weighted by Crippen LogP contribution is 2.57. The van der Waals surface area contributed by atoms with Crippen molar-refractivity contribution in [2.45, 2.75) is 38.0 Å². The molecular formula is C18H19NO3. The third-order valence-electron chi connectivity index (χ3n) is 5.43. The summed E-state index contributed by atoms with van der Waals surface area (Å²) in [5, 5.41) is 0. The average Bonchev–Trinajstić information content (AvgIpc) is 3.04. The van der Waals surface area contributed by atoms with Crippen LogP contribution in [0.3, 0.4) is 0 Å². The van der Waals surface area contributed by atoms with Crippen LogP contribution >= 0.6 is 0 Å². The fraction of sp³-hybridized carbons (Fsp3) is 0.444. The first-order chi connectivity index (χ1) is 10.4. The molecule has 0 aliphatic carbocycles. The molecule has 22 heavy (non-hydrogen) atoms. The van der Waals surface area contributed by atoms with Gasteiger partial charge in [-0.3, -0.25) is 14.5 Å². The summed E-state index contributed by atoms with van der Waals surface area (Å²) in [6.45, 7) is 5.72. The molecule has 0 spiro atoms. The second-order valence-corrected chi connectivity index (χ2v) is 6.89. The minimum Gasteiger partial charge on any atom is -0.359 e. The van der Waals surface area contributed by atoms with Gasteiger partial charge < -0.3 is 4.74 Å². The van der Waals surface area contributed by atoms with Crippen molar-refractivity contribution in [3.05, 3.63) is 48.0 Å². The summed E-state index contributed by atoms with van der Waals surface area (Å²) in [4.78, 5) is 27.3. The molecule has 1 aromatic rings. The number of rotatable bonds is 2. The maximum Gasteiger partial charge on any atom is 0.237 e. The number of fused-ring (bicyclic) bond motifs is 5. The smallest absolute Gasteiger partial charge is 0.237 e. The van der Waals surface area contributed by atoms with Crippen LogP contribution in [-0.2, 0) is 14.3 Å². The number of amides is 2. The van der Waals surface area contributed by atoms with Gasteiger partial charge in [0.1, 0.15) is 0 Å². The lowest BCUT2D eigenvalue weighted by atomic mass is 9.73. The van der Waals surface area contributed by atoms with E-state index in [0.29, 0.717) is 0 Å². The monoisotopic (exact) mass is 297 g/mol. The molecule has 2 fully saturated rings. The molecule has 0 unspecified atom stereocenters. The first-order valence-electron chi connectivity index (χ1n) is 7.70. The molecule has 0 saturated carbocycles. The van der Waals surface area contributed by atoms with Crippen LogP contribution in [0.5, 0.6) is 0 Å². The summed E-state index contributed by atoms with van der Waals surface area (Å²) < 4.78 is 6.01. The van der Waals surface area contributed by atoms with Crippen LogP contribution < -0.4 is 0 Å². The Labute approximate surface area is 129 Å². The van der Waals surface area contributed by atoms with Crippen molar-refractivity contribution in [2.75, 3.05) is 0 Å². The van der Waals surface area contributed by atoms with Gasteiger partial charge in [0.2, 0.25) is 11.8 Å². The normalized spacial score (nSPS) is 40.4. The van der Waals surface area contributed by atoms with Crippen molar-refractivity contribution in [2.24, 2.45) is 11.8 Å². The zero-order chi connectivity index (χ0) is 15.7. The molecule has 0 aromatic heterocycles. The van der Waals surface area contributed by atoms with Gasteiger partial charge in [-0.1, -0.05) is 42.5 Å². The molecule has 3 aliphatic rings. The Kier molecular flexibility index (Phi) is 2.54. The Morgan fingerprint density at radius 3 is 2.00 bits per heavy atom. The molecule has 1 aromatic carbocycles. The fourth-order valence-corrected chi connectivity index (χ4v) is 4.32. The first kappa shape index (κ1) is 13.7. The van der Waals surface area contributed by atoms with Gasteiger partial charge in [-0.25, -0.2) is 0 Å². The zero-order valence-corrected chi connectivity index (χ0v) is 12.9. The number of imide groups is 1. The summed E-state index contributed by atoms with van der Waals surface area (Å²) in [6, 6.07) is 9.43. The number of hydrogen-bond acceptors (Lipinski definition) is 3. The van der Waals surface area contributed by atoms with Crippen LogP contribution in [0, 0.1) is 11.8 Å². The maximum absolute atomic E-state index is 12.9. The SMILES string of the molecule is C[C@H](c1ccccc1)N1C(=O)[C@@H]2[C@H](C1=O)[C@]1(C)C=C[C@]2(C)O1.